The topological polar surface area (TPSA) is 101 Å². The molecule has 0 aromatic rings. The number of sulfonamides is 1. The van der Waals surface area contributed by atoms with Gasteiger partial charge >= 0.3 is 0 Å². The van der Waals surface area contributed by atoms with Crippen LogP contribution < -0.4 is 15.4 Å². The zero-order valence-electron chi connectivity index (χ0n) is 15.1. The Morgan fingerprint density at radius 2 is 2.12 bits per heavy atom. The monoisotopic (exact) mass is 478 g/mol. The fourth-order valence-corrected chi connectivity index (χ4v) is 3.31. The molecule has 2 atom stereocenters. The van der Waals surface area contributed by atoms with E-state index in [9.17, 15) is 8.42 Å². The van der Waals surface area contributed by atoms with E-state index in [1.165, 1.54) is 0 Å². The molecule has 1 aliphatic heterocycles. The number of hydrogen-bond acceptors (Lipinski definition) is 5. The maximum atomic E-state index is 11.3. The van der Waals surface area contributed by atoms with E-state index in [4.69, 9.17) is 9.47 Å². The van der Waals surface area contributed by atoms with Crippen molar-refractivity contribution in [3.63, 3.8) is 0 Å². The minimum Gasteiger partial charge on any atom is -0.379 e. The number of nitrogens with zero attached hydrogens (tertiary/aromatic N) is 1. The van der Waals surface area contributed by atoms with Gasteiger partial charge in [0.15, 0.2) is 5.96 Å². The van der Waals surface area contributed by atoms with Crippen molar-refractivity contribution < 1.29 is 17.9 Å². The van der Waals surface area contributed by atoms with Gasteiger partial charge in [0, 0.05) is 31.8 Å². The summed E-state index contributed by atoms with van der Waals surface area (Å²) < 4.78 is 36.3. The normalized spacial score (nSPS) is 20.4. The van der Waals surface area contributed by atoms with Crippen LogP contribution in [0.5, 0.6) is 0 Å². The lowest BCUT2D eigenvalue weighted by atomic mass is 10.1. The Morgan fingerprint density at radius 3 is 2.62 bits per heavy atom. The van der Waals surface area contributed by atoms with Gasteiger partial charge in [0.25, 0.3) is 0 Å². The van der Waals surface area contributed by atoms with Crippen molar-refractivity contribution in [2.24, 2.45) is 4.99 Å². The highest BCUT2D eigenvalue weighted by Gasteiger charge is 2.23. The van der Waals surface area contributed by atoms with Crippen LogP contribution in [0.2, 0.25) is 0 Å². The summed E-state index contributed by atoms with van der Waals surface area (Å²) in [6.45, 7) is 8.00. The number of nitrogens with one attached hydrogen (secondary N) is 3. The predicted molar refractivity (Wildman–Crippen MR) is 107 cm³/mol. The van der Waals surface area contributed by atoms with Crippen LogP contribution in [0.1, 0.15) is 27.2 Å². The van der Waals surface area contributed by atoms with Crippen LogP contribution in [0, 0.1) is 0 Å². The Labute approximate surface area is 162 Å². The molecule has 0 amide bonds. The molecule has 0 spiro atoms. The van der Waals surface area contributed by atoms with E-state index in [2.05, 4.69) is 20.3 Å². The van der Waals surface area contributed by atoms with Gasteiger partial charge in [-0.15, -0.1) is 24.0 Å². The van der Waals surface area contributed by atoms with Crippen molar-refractivity contribution in [2.75, 3.05) is 39.7 Å². The summed E-state index contributed by atoms with van der Waals surface area (Å²) in [5.41, 5.74) is -0.619. The zero-order chi connectivity index (χ0) is 17.5. The molecule has 0 saturated carbocycles. The second-order valence-electron chi connectivity index (χ2n) is 6.55. The SMILES string of the molecule is CN=C(NCC(C)(C)NS(C)(=O)=O)NC(C)COC1CCOC1.I. The van der Waals surface area contributed by atoms with Crippen molar-refractivity contribution >= 4 is 40.0 Å². The molecule has 3 N–H and O–H groups in total. The molecule has 1 rings (SSSR count). The largest absolute Gasteiger partial charge is 0.379 e. The number of hydrogen-bond donors (Lipinski definition) is 3. The minimum atomic E-state index is -3.26. The number of ether oxygens (including phenoxy) is 2. The van der Waals surface area contributed by atoms with Gasteiger partial charge in [0.1, 0.15) is 0 Å². The van der Waals surface area contributed by atoms with E-state index in [0.717, 1.165) is 19.3 Å². The zero-order valence-corrected chi connectivity index (χ0v) is 18.2. The molecule has 0 radical (unpaired) electrons. The molecule has 1 aliphatic rings. The van der Waals surface area contributed by atoms with Gasteiger partial charge < -0.3 is 20.1 Å². The van der Waals surface area contributed by atoms with E-state index in [-0.39, 0.29) is 36.1 Å². The van der Waals surface area contributed by atoms with Crippen LogP contribution in [0.3, 0.4) is 0 Å². The first-order chi connectivity index (χ1) is 10.6. The van der Waals surface area contributed by atoms with Gasteiger partial charge in [0.2, 0.25) is 10.0 Å². The second-order valence-corrected chi connectivity index (χ2v) is 8.30. The van der Waals surface area contributed by atoms with Crippen LogP contribution in [-0.2, 0) is 19.5 Å². The highest BCUT2D eigenvalue weighted by molar-refractivity contribution is 14.0. The van der Waals surface area contributed by atoms with Gasteiger partial charge in [-0.3, -0.25) is 4.99 Å². The molecule has 24 heavy (non-hydrogen) atoms. The Kier molecular flexibility index (Phi) is 10.7. The molecule has 10 heteroatoms. The lowest BCUT2D eigenvalue weighted by Crippen LogP contribution is -2.54. The maximum Gasteiger partial charge on any atom is 0.209 e. The van der Waals surface area contributed by atoms with E-state index >= 15 is 0 Å². The summed E-state index contributed by atoms with van der Waals surface area (Å²) in [5, 5.41) is 6.34. The molecular formula is C14H31IN4O4S. The molecule has 8 nitrogen and oxygen atoms in total. The third kappa shape index (κ3) is 10.6. The smallest absolute Gasteiger partial charge is 0.209 e. The molecule has 0 aromatic heterocycles. The average Bonchev–Trinajstić information content (AvgIpc) is 2.91. The molecule has 1 saturated heterocycles. The molecule has 1 heterocycles. The molecule has 144 valence electrons. The van der Waals surface area contributed by atoms with E-state index in [0.29, 0.717) is 25.7 Å². The van der Waals surface area contributed by atoms with Crippen LogP contribution in [-0.4, -0.2) is 71.7 Å². The second kappa shape index (κ2) is 10.7. The van der Waals surface area contributed by atoms with Crippen molar-refractivity contribution in [2.45, 2.75) is 44.9 Å². The Morgan fingerprint density at radius 1 is 1.46 bits per heavy atom. The van der Waals surface area contributed by atoms with Gasteiger partial charge in [-0.05, 0) is 27.2 Å². The van der Waals surface area contributed by atoms with Crippen molar-refractivity contribution in [1.82, 2.24) is 15.4 Å². The number of aliphatic imine (C=N–C) groups is 1. The fraction of sp³-hybridized carbons (Fsp3) is 0.929. The Balaban J connectivity index is 0.00000529. The third-order valence-corrected chi connectivity index (χ3v) is 4.16. The molecule has 0 aromatic carbocycles. The summed E-state index contributed by atoms with van der Waals surface area (Å²) in [6, 6.07) is 0.0766. The summed E-state index contributed by atoms with van der Waals surface area (Å²) in [5.74, 6) is 0.604. The van der Waals surface area contributed by atoms with E-state index in [1.807, 2.05) is 6.92 Å². The quantitative estimate of drug-likeness (QED) is 0.264. The highest BCUT2D eigenvalue weighted by Crippen LogP contribution is 2.08. The summed E-state index contributed by atoms with van der Waals surface area (Å²) in [7, 11) is -1.59. The first-order valence-corrected chi connectivity index (χ1v) is 9.66. The molecule has 0 bridgehead atoms. The predicted octanol–water partition coefficient (Wildman–Crippen LogP) is 0.291. The third-order valence-electron chi connectivity index (χ3n) is 3.24. The number of rotatable bonds is 8. The average molecular weight is 478 g/mol. The van der Waals surface area contributed by atoms with Gasteiger partial charge in [-0.2, -0.15) is 0 Å². The van der Waals surface area contributed by atoms with Crippen LogP contribution >= 0.6 is 24.0 Å². The van der Waals surface area contributed by atoms with Gasteiger partial charge in [-0.25, -0.2) is 13.1 Å². The Bertz CT molecular complexity index is 493. The van der Waals surface area contributed by atoms with Crippen LogP contribution in [0.25, 0.3) is 0 Å². The lowest BCUT2D eigenvalue weighted by Gasteiger charge is -2.27. The van der Waals surface area contributed by atoms with Crippen molar-refractivity contribution in [3.8, 4) is 0 Å². The van der Waals surface area contributed by atoms with Crippen molar-refractivity contribution in [3.05, 3.63) is 0 Å². The van der Waals surface area contributed by atoms with Gasteiger partial charge in [0.05, 0.1) is 25.6 Å². The summed E-state index contributed by atoms with van der Waals surface area (Å²) in [4.78, 5) is 4.14. The summed E-state index contributed by atoms with van der Waals surface area (Å²) >= 11 is 0. The van der Waals surface area contributed by atoms with Crippen molar-refractivity contribution in [1.29, 1.82) is 0 Å². The number of halogens is 1. The fourth-order valence-electron chi connectivity index (χ4n) is 2.24. The molecule has 2 unspecified atom stereocenters. The van der Waals surface area contributed by atoms with Crippen LogP contribution in [0.15, 0.2) is 4.99 Å². The highest BCUT2D eigenvalue weighted by atomic mass is 127. The maximum absolute atomic E-state index is 11.3. The number of guanidine groups is 1. The van der Waals surface area contributed by atoms with E-state index in [1.54, 1.807) is 20.9 Å². The lowest BCUT2D eigenvalue weighted by molar-refractivity contribution is 0.0347. The minimum absolute atomic E-state index is 0. The van der Waals surface area contributed by atoms with Crippen LogP contribution in [0.4, 0.5) is 0 Å². The molecular weight excluding hydrogens is 447 g/mol. The van der Waals surface area contributed by atoms with E-state index < -0.39 is 15.6 Å². The molecule has 1 fully saturated rings. The summed E-state index contributed by atoms with van der Waals surface area (Å²) in [6.07, 6.45) is 2.26. The first kappa shape index (κ1) is 23.8. The standard InChI is InChI=1S/C14H30N4O4S.HI/c1-11(8-22-12-6-7-21-9-12)17-13(15-4)16-10-14(2,3)18-23(5,19)20;/h11-12,18H,6-10H2,1-5H3,(H2,15,16,17);1H. The first-order valence-electron chi connectivity index (χ1n) is 7.77. The van der Waals surface area contributed by atoms with Gasteiger partial charge in [-0.1, -0.05) is 0 Å². The Hall–Kier alpha value is -0.170. The molecule has 0 aliphatic carbocycles.